The van der Waals surface area contributed by atoms with Crippen molar-refractivity contribution in [1.82, 2.24) is 19.5 Å². The molecule has 0 unspecified atom stereocenters. The van der Waals surface area contributed by atoms with Crippen molar-refractivity contribution in [2.45, 2.75) is 30.6 Å². The van der Waals surface area contributed by atoms with E-state index >= 15 is 0 Å². The number of fused-ring (bicyclic) bond motifs is 1. The fourth-order valence-electron chi connectivity index (χ4n) is 4.32. The van der Waals surface area contributed by atoms with E-state index in [9.17, 15) is 4.21 Å². The molecule has 1 aliphatic carbocycles. The van der Waals surface area contributed by atoms with Crippen molar-refractivity contribution in [2.75, 3.05) is 43.3 Å². The van der Waals surface area contributed by atoms with Gasteiger partial charge in [0.15, 0.2) is 0 Å². The van der Waals surface area contributed by atoms with Crippen molar-refractivity contribution in [1.29, 1.82) is 4.78 Å². The second-order valence-electron chi connectivity index (χ2n) is 8.38. The molecular weight excluding hydrogens is 414 g/mol. The number of aromatic nitrogens is 4. The van der Waals surface area contributed by atoms with Gasteiger partial charge < -0.3 is 15.0 Å². The van der Waals surface area contributed by atoms with Crippen LogP contribution in [0.5, 0.6) is 0 Å². The molecule has 2 atom stereocenters. The van der Waals surface area contributed by atoms with Gasteiger partial charge in [0.25, 0.3) is 0 Å². The molecule has 1 aliphatic heterocycles. The van der Waals surface area contributed by atoms with Crippen LogP contribution in [-0.4, -0.2) is 62.8 Å². The molecule has 3 aromatic rings. The van der Waals surface area contributed by atoms with Crippen molar-refractivity contribution in [3.8, 4) is 5.95 Å². The Balaban J connectivity index is 1.75. The average molecular weight is 442 g/mol. The zero-order valence-corrected chi connectivity index (χ0v) is 18.8. The van der Waals surface area contributed by atoms with Crippen molar-refractivity contribution in [2.24, 2.45) is 0 Å². The Bertz CT molecular complexity index is 1250. The van der Waals surface area contributed by atoms with Crippen LogP contribution in [0.3, 0.4) is 0 Å². The molecule has 3 heterocycles. The number of benzene rings is 1. The lowest BCUT2D eigenvalue weighted by molar-refractivity contribution is 0.0985. The second-order valence-corrected chi connectivity index (χ2v) is 10.8. The molecule has 0 spiro atoms. The number of ether oxygens (including phenoxy) is 1. The van der Waals surface area contributed by atoms with Gasteiger partial charge in [-0.15, -0.1) is 0 Å². The van der Waals surface area contributed by atoms with Gasteiger partial charge in [0.1, 0.15) is 5.82 Å². The predicted molar refractivity (Wildman–Crippen MR) is 122 cm³/mol. The molecule has 1 aromatic carbocycles. The number of hydrogen-bond donors (Lipinski definition) is 2. The first-order valence-corrected chi connectivity index (χ1v) is 12.4. The minimum Gasteiger partial charge on any atom is -0.377 e. The predicted octanol–water partition coefficient (Wildman–Crippen LogP) is 2.75. The van der Waals surface area contributed by atoms with Crippen LogP contribution in [0.2, 0.25) is 0 Å². The van der Waals surface area contributed by atoms with Crippen LogP contribution in [0, 0.1) is 4.78 Å². The number of nitrogens with zero attached hydrogens (tertiary/aromatic N) is 5. The lowest BCUT2D eigenvalue weighted by atomic mass is 10.2. The highest BCUT2D eigenvalue weighted by molar-refractivity contribution is 7.92. The van der Waals surface area contributed by atoms with E-state index in [4.69, 9.17) is 19.5 Å². The number of rotatable bonds is 5. The number of nitrogens with one attached hydrogen (secondary N) is 2. The third-order valence-electron chi connectivity index (χ3n) is 6.26. The molecule has 2 aromatic heterocycles. The number of para-hydroxylation sites is 2. The second kappa shape index (κ2) is 7.16. The minimum absolute atomic E-state index is 0.157. The van der Waals surface area contributed by atoms with Gasteiger partial charge in [-0.3, -0.25) is 4.78 Å². The highest BCUT2D eigenvalue weighted by atomic mass is 32.2. The van der Waals surface area contributed by atoms with Crippen molar-refractivity contribution < 1.29 is 8.95 Å². The first-order valence-electron chi connectivity index (χ1n) is 10.5. The number of morpholine rings is 1. The van der Waals surface area contributed by atoms with Gasteiger partial charge in [0.2, 0.25) is 11.9 Å². The summed E-state index contributed by atoms with van der Waals surface area (Å²) in [6.07, 6.45) is 2.92. The summed E-state index contributed by atoms with van der Waals surface area (Å²) in [6, 6.07) is 9.92. The first-order chi connectivity index (χ1) is 14.8. The summed E-state index contributed by atoms with van der Waals surface area (Å²) < 4.78 is 28.0. The molecule has 1 saturated carbocycles. The van der Waals surface area contributed by atoms with Crippen molar-refractivity contribution in [3.63, 3.8) is 0 Å². The Morgan fingerprint density at radius 3 is 2.71 bits per heavy atom. The summed E-state index contributed by atoms with van der Waals surface area (Å²) >= 11 is 0. The Hall–Kier alpha value is -2.72. The molecule has 0 bridgehead atoms. The number of imidazole rings is 1. The molecule has 0 amide bonds. The van der Waals surface area contributed by atoms with Gasteiger partial charge in [-0.25, -0.2) is 18.7 Å². The van der Waals surface area contributed by atoms with E-state index in [2.05, 4.69) is 22.1 Å². The van der Waals surface area contributed by atoms with Crippen LogP contribution in [0.15, 0.2) is 30.3 Å². The van der Waals surface area contributed by atoms with Crippen LogP contribution >= 0.6 is 0 Å². The van der Waals surface area contributed by atoms with Crippen molar-refractivity contribution in [3.05, 3.63) is 36.0 Å². The third kappa shape index (κ3) is 3.25. The Kier molecular flexibility index (Phi) is 4.67. The summed E-state index contributed by atoms with van der Waals surface area (Å²) in [4.78, 5) is 16.7. The molecule has 2 aliphatic rings. The number of anilines is 2. The zero-order valence-electron chi connectivity index (χ0n) is 18.0. The van der Waals surface area contributed by atoms with E-state index in [0.717, 1.165) is 23.4 Å². The van der Waals surface area contributed by atoms with Crippen molar-refractivity contribution >= 4 is 32.5 Å². The quantitative estimate of drug-likeness (QED) is 0.626. The Morgan fingerprint density at radius 1 is 1.26 bits per heavy atom. The maximum absolute atomic E-state index is 12.9. The molecule has 2 N–H and O–H groups in total. The highest BCUT2D eigenvalue weighted by Crippen LogP contribution is 2.52. The topological polar surface area (TPSA) is 109 Å². The molecule has 164 valence electrons. The van der Waals surface area contributed by atoms with E-state index in [1.807, 2.05) is 41.9 Å². The van der Waals surface area contributed by atoms with Crippen LogP contribution in [0.1, 0.15) is 25.5 Å². The van der Waals surface area contributed by atoms with E-state index in [1.54, 1.807) is 0 Å². The molecule has 31 heavy (non-hydrogen) atoms. The third-order valence-corrected chi connectivity index (χ3v) is 8.37. The Labute approximate surface area is 181 Å². The highest BCUT2D eigenvalue weighted by Gasteiger charge is 2.53. The lowest BCUT2D eigenvalue weighted by Crippen LogP contribution is -2.44. The maximum atomic E-state index is 12.9. The molecule has 9 nitrogen and oxygen atoms in total. The Morgan fingerprint density at radius 2 is 2.03 bits per heavy atom. The number of hydrogen-bond acceptors (Lipinski definition) is 8. The van der Waals surface area contributed by atoms with Gasteiger partial charge >= 0.3 is 0 Å². The van der Waals surface area contributed by atoms with Gasteiger partial charge in [-0.2, -0.15) is 4.98 Å². The summed E-state index contributed by atoms with van der Waals surface area (Å²) in [7, 11) is -1.01. The van der Waals surface area contributed by atoms with Crippen LogP contribution in [0.4, 0.5) is 11.8 Å². The van der Waals surface area contributed by atoms with Gasteiger partial charge in [0.05, 0.1) is 50.5 Å². The lowest BCUT2D eigenvalue weighted by Gasteiger charge is -2.34. The normalized spacial score (nSPS) is 22.3. The van der Waals surface area contributed by atoms with E-state index < -0.39 is 14.5 Å². The summed E-state index contributed by atoms with van der Waals surface area (Å²) in [6.45, 7) is 4.07. The van der Waals surface area contributed by atoms with Gasteiger partial charge in [-0.05, 0) is 31.9 Å². The fraction of sp³-hybridized carbons (Fsp3) is 0.476. The van der Waals surface area contributed by atoms with Crippen LogP contribution < -0.4 is 10.2 Å². The van der Waals surface area contributed by atoms with Crippen LogP contribution in [-0.2, 0) is 19.2 Å². The standard InChI is InChI=1S/C21H27N7O2S/c1-14-13-30-11-10-27(14)18-12-17(21(8-9-21)31(3,22)29)25-20(26-18)28-16-7-5-4-6-15(16)24-19(28)23-2/h4-7,12,14,22H,8-11,13H2,1-3H3,(H,23,24)/t14-,31+/m1/s1. The largest absolute Gasteiger partial charge is 0.377 e. The van der Waals surface area contributed by atoms with Crippen LogP contribution in [0.25, 0.3) is 17.0 Å². The van der Waals surface area contributed by atoms with E-state index in [-0.39, 0.29) is 6.04 Å². The fourth-order valence-corrected chi connectivity index (χ4v) is 5.71. The zero-order chi connectivity index (χ0) is 21.8. The monoisotopic (exact) mass is 441 g/mol. The molecule has 1 saturated heterocycles. The van der Waals surface area contributed by atoms with E-state index in [0.29, 0.717) is 43.6 Å². The maximum Gasteiger partial charge on any atom is 0.239 e. The first kappa shape index (κ1) is 20.2. The summed E-state index contributed by atoms with van der Waals surface area (Å²) in [5.41, 5.74) is 2.40. The van der Waals surface area contributed by atoms with Gasteiger partial charge in [0, 0.05) is 25.9 Å². The molecule has 0 radical (unpaired) electrons. The molecular formula is C21H27N7O2S. The van der Waals surface area contributed by atoms with E-state index in [1.165, 1.54) is 6.26 Å². The SMILES string of the molecule is CNc1nc2ccccc2n1-c1nc(N2CCOC[C@H]2C)cc(C2([S@@](C)(=N)=O)CC2)n1. The van der Waals surface area contributed by atoms with Gasteiger partial charge in [-0.1, -0.05) is 12.1 Å². The average Bonchev–Trinajstić information content (AvgIpc) is 3.49. The molecule has 2 fully saturated rings. The minimum atomic E-state index is -2.82. The molecule has 10 heteroatoms. The summed E-state index contributed by atoms with van der Waals surface area (Å²) in [5.74, 6) is 1.87. The smallest absolute Gasteiger partial charge is 0.239 e. The summed E-state index contributed by atoms with van der Waals surface area (Å²) in [5, 5.41) is 3.14. The molecule has 5 rings (SSSR count).